The van der Waals surface area contributed by atoms with Gasteiger partial charge in [0.15, 0.2) is 0 Å². The van der Waals surface area contributed by atoms with E-state index in [0.717, 1.165) is 0 Å². The largest absolute Gasteiger partial charge is 0.397 e. The van der Waals surface area contributed by atoms with Crippen molar-refractivity contribution in [3.8, 4) is 0 Å². The van der Waals surface area contributed by atoms with Crippen LogP contribution in [0.1, 0.15) is 0 Å². The third-order valence-electron chi connectivity index (χ3n) is 0.474. The molecule has 0 rings (SSSR count). The Kier molecular flexibility index (Phi) is 2.27. The Morgan fingerprint density at radius 3 is 1.50 bits per heavy atom. The first-order valence-electron chi connectivity index (χ1n) is 2.17. The lowest BCUT2D eigenvalue weighted by molar-refractivity contribution is 0.301. The van der Waals surface area contributed by atoms with Gasteiger partial charge in [0.2, 0.25) is 0 Å². The Morgan fingerprint density at radius 2 is 1.50 bits per heavy atom. The minimum atomic E-state index is 0.456. The summed E-state index contributed by atoms with van der Waals surface area (Å²) in [5.41, 5.74) is 0. The summed E-state index contributed by atoms with van der Waals surface area (Å²) in [6, 6.07) is 0. The fourth-order valence-corrected chi connectivity index (χ4v) is 0. The number of aliphatic hydroxyl groups excluding tert-OH is 1. The van der Waals surface area contributed by atoms with Crippen molar-refractivity contribution in [2.24, 2.45) is 0 Å². The zero-order chi connectivity index (χ0) is 5.21. The fourth-order valence-electron chi connectivity index (χ4n) is 0. The van der Waals surface area contributed by atoms with E-state index in [1.165, 1.54) is 30.7 Å². The monoisotopic (exact) mass is 136 g/mol. The maximum atomic E-state index is 8.51. The third-order valence-corrected chi connectivity index (χ3v) is 1.42. The van der Waals surface area contributed by atoms with Crippen molar-refractivity contribution in [1.29, 1.82) is 0 Å². The van der Waals surface area contributed by atoms with E-state index in [2.05, 4.69) is 0 Å². The number of rotatable bonds is 1. The van der Waals surface area contributed by atoms with Gasteiger partial charge in [-0.05, 0) is 4.28 Å². The molecule has 0 saturated heterocycles. The van der Waals surface area contributed by atoms with E-state index < -0.39 is 0 Å². The summed E-state index contributed by atoms with van der Waals surface area (Å²) in [4.78, 5) is 0. The second-order valence-electron chi connectivity index (χ2n) is 2.72. The Hall–Kier alpha value is 0.611. The first-order chi connectivity index (χ1) is 2.56. The molecule has 0 amide bonds. The normalized spacial score (nSPS) is 21.5. The molecule has 0 aromatic rings. The molecule has 0 saturated carbocycles. The Balaban J connectivity index is 3.17. The van der Waals surface area contributed by atoms with Crippen LogP contribution in [0, 0.1) is 0 Å². The molecule has 0 bridgehead atoms. The third kappa shape index (κ3) is 4.61. The first-order valence-corrected chi connectivity index (χ1v) is 5.17. The second kappa shape index (κ2) is 2.06. The highest BCUT2D eigenvalue weighted by Crippen LogP contribution is 2.02. The molecule has 0 aliphatic heterocycles. The zero-order valence-electron chi connectivity index (χ0n) is 4.65. The van der Waals surface area contributed by atoms with Crippen LogP contribution in [0.25, 0.3) is 0 Å². The van der Waals surface area contributed by atoms with Crippen LogP contribution >= 0.6 is 0 Å². The molecule has 0 aliphatic rings. The Bertz CT molecular complexity index is 38.5. The van der Waals surface area contributed by atoms with Crippen LogP contribution in [0.3, 0.4) is 0 Å². The predicted molar refractivity (Wildman–Crippen MR) is 39.6 cm³/mol. The maximum Gasteiger partial charge on any atom is 0.0393 e. The Labute approximate surface area is 47.4 Å². The highest BCUT2D eigenvalue weighted by Gasteiger charge is 2.05. The van der Waals surface area contributed by atoms with Gasteiger partial charge >= 0.3 is 0 Å². The van der Waals surface area contributed by atoms with Crippen molar-refractivity contribution in [3.63, 3.8) is 0 Å². The molecule has 0 fully saturated rings. The van der Waals surface area contributed by atoms with Gasteiger partial charge in [-0.3, -0.25) is 0 Å². The maximum absolute atomic E-state index is 8.51. The van der Waals surface area contributed by atoms with Gasteiger partial charge in [-0.15, -0.1) is 0 Å². The fraction of sp³-hybridized carbons (Fsp3) is 1.00. The van der Waals surface area contributed by atoms with Gasteiger partial charge in [0.25, 0.3) is 0 Å². The molecule has 0 aromatic heterocycles. The van der Waals surface area contributed by atoms with E-state index in [0.29, 0.717) is 10.9 Å². The van der Waals surface area contributed by atoms with Crippen molar-refractivity contribution in [1.82, 2.24) is 0 Å². The summed E-state index contributed by atoms with van der Waals surface area (Å²) in [7, 11) is 3.61. The minimum absolute atomic E-state index is 0.456. The summed E-state index contributed by atoms with van der Waals surface area (Å²) < 4.78 is 0.514. The van der Waals surface area contributed by atoms with Gasteiger partial charge in [-0.2, -0.15) is 0 Å². The van der Waals surface area contributed by atoms with Crippen LogP contribution in [0.15, 0.2) is 0 Å². The standard InChI is InChI=1S/C2H12OSi3/c3-1-2(4,5)6/h3H,1H2,4-6H3. The van der Waals surface area contributed by atoms with Crippen molar-refractivity contribution >= 4 is 30.7 Å². The average molecular weight is 136 g/mol. The summed E-state index contributed by atoms with van der Waals surface area (Å²) in [5, 5.41) is 8.51. The molecule has 0 heterocycles. The van der Waals surface area contributed by atoms with E-state index in [-0.39, 0.29) is 0 Å². The van der Waals surface area contributed by atoms with E-state index >= 15 is 0 Å². The quantitative estimate of drug-likeness (QED) is 0.366. The lowest BCUT2D eigenvalue weighted by Crippen LogP contribution is -2.16. The lowest BCUT2D eigenvalue weighted by atomic mass is 10.8. The number of hydrogen-bond donors (Lipinski definition) is 1. The smallest absolute Gasteiger partial charge is 0.0393 e. The molecule has 6 heavy (non-hydrogen) atoms. The van der Waals surface area contributed by atoms with Crippen LogP contribution in [-0.4, -0.2) is 42.4 Å². The van der Waals surface area contributed by atoms with Crippen LogP contribution in [0.4, 0.5) is 0 Å². The molecule has 0 radical (unpaired) electrons. The molecule has 0 spiro atoms. The molecular weight excluding hydrogens is 124 g/mol. The van der Waals surface area contributed by atoms with Gasteiger partial charge in [0, 0.05) is 37.3 Å². The average Bonchev–Trinajstić information content (AvgIpc) is 1.35. The highest BCUT2D eigenvalue weighted by atomic mass is 28.3. The Morgan fingerprint density at radius 1 is 1.33 bits per heavy atom. The van der Waals surface area contributed by atoms with E-state index in [9.17, 15) is 0 Å². The van der Waals surface area contributed by atoms with Crippen LogP contribution in [0.5, 0.6) is 0 Å². The van der Waals surface area contributed by atoms with Crippen LogP contribution < -0.4 is 0 Å². The molecule has 1 nitrogen and oxygen atoms in total. The lowest BCUT2D eigenvalue weighted by Gasteiger charge is -2.11. The van der Waals surface area contributed by atoms with Crippen molar-refractivity contribution in [3.05, 3.63) is 0 Å². The van der Waals surface area contributed by atoms with Gasteiger partial charge in [0.05, 0.1) is 0 Å². The topological polar surface area (TPSA) is 20.2 Å². The zero-order valence-corrected chi connectivity index (χ0v) is 10.7. The van der Waals surface area contributed by atoms with Gasteiger partial charge in [0.1, 0.15) is 0 Å². The summed E-state index contributed by atoms with van der Waals surface area (Å²) in [5.74, 6) is 0. The van der Waals surface area contributed by atoms with E-state index in [4.69, 9.17) is 5.11 Å². The molecular formula is C2H12OSi3. The molecule has 0 aliphatic carbocycles. The highest BCUT2D eigenvalue weighted by molar-refractivity contribution is 6.59. The molecule has 38 valence electrons. The van der Waals surface area contributed by atoms with Crippen molar-refractivity contribution in [2.75, 3.05) is 6.61 Å². The van der Waals surface area contributed by atoms with Gasteiger partial charge in [-0.25, -0.2) is 0 Å². The predicted octanol–water partition coefficient (Wildman–Crippen LogP) is -3.85. The van der Waals surface area contributed by atoms with E-state index in [1.807, 2.05) is 0 Å². The summed E-state index contributed by atoms with van der Waals surface area (Å²) in [6.07, 6.45) is 0. The molecule has 1 N–H and O–H groups in total. The first kappa shape index (κ1) is 6.61. The SMILES string of the molecule is OCC([SiH3])([SiH3])[SiH3]. The van der Waals surface area contributed by atoms with E-state index in [1.54, 1.807) is 0 Å². The summed E-state index contributed by atoms with van der Waals surface area (Å²) in [6.45, 7) is 0.456. The molecule has 4 heteroatoms. The van der Waals surface area contributed by atoms with Crippen molar-refractivity contribution in [2.45, 2.75) is 4.28 Å². The van der Waals surface area contributed by atoms with Crippen molar-refractivity contribution < 1.29 is 5.11 Å². The number of hydrogen-bond acceptors (Lipinski definition) is 1. The van der Waals surface area contributed by atoms with Gasteiger partial charge in [-0.1, -0.05) is 0 Å². The second-order valence-corrected chi connectivity index (χ2v) is 16.8. The van der Waals surface area contributed by atoms with Crippen LogP contribution in [0.2, 0.25) is 4.28 Å². The number of aliphatic hydroxyl groups is 1. The minimum Gasteiger partial charge on any atom is -0.397 e. The molecule has 0 atom stereocenters. The van der Waals surface area contributed by atoms with Crippen LogP contribution in [-0.2, 0) is 0 Å². The summed E-state index contributed by atoms with van der Waals surface area (Å²) >= 11 is 0. The molecule has 0 unspecified atom stereocenters. The van der Waals surface area contributed by atoms with Gasteiger partial charge < -0.3 is 5.11 Å². The molecule has 0 aromatic carbocycles.